The van der Waals surface area contributed by atoms with Crippen molar-refractivity contribution in [1.82, 2.24) is 9.97 Å². The van der Waals surface area contributed by atoms with Crippen LogP contribution in [0.15, 0.2) is 48.5 Å². The van der Waals surface area contributed by atoms with Gasteiger partial charge in [0.25, 0.3) is 11.8 Å². The molecule has 1 aliphatic rings. The Bertz CT molecular complexity index is 1160. The Hall–Kier alpha value is -3.72. The zero-order chi connectivity index (χ0) is 21.3. The number of nitrogens with two attached hydrogens (primary N) is 1. The molecule has 0 unspecified atom stereocenters. The second kappa shape index (κ2) is 7.96. The Labute approximate surface area is 176 Å². The number of aromatic amines is 1. The van der Waals surface area contributed by atoms with Crippen LogP contribution in [-0.4, -0.2) is 34.2 Å². The number of aryl methyl sites for hydroxylation is 1. The fourth-order valence-electron chi connectivity index (χ4n) is 3.39. The van der Waals surface area contributed by atoms with Crippen LogP contribution >= 0.6 is 11.3 Å². The van der Waals surface area contributed by atoms with Crippen molar-refractivity contribution in [3.05, 3.63) is 65.3 Å². The smallest absolute Gasteiger partial charge is 0.265 e. The molecule has 3 amide bonds. The second-order valence-electron chi connectivity index (χ2n) is 6.80. The van der Waals surface area contributed by atoms with Gasteiger partial charge in [0, 0.05) is 34.9 Å². The number of benzene rings is 1. The summed E-state index contributed by atoms with van der Waals surface area (Å²) < 4.78 is 0. The fraction of sp³-hybridized carbons (Fsp3) is 0.143. The predicted octanol–water partition coefficient (Wildman–Crippen LogP) is 2.95. The number of hydrogen-bond donors (Lipinski definition) is 3. The average Bonchev–Trinajstić information content (AvgIpc) is 3.42. The zero-order valence-electron chi connectivity index (χ0n) is 16.0. The van der Waals surface area contributed by atoms with Crippen molar-refractivity contribution in [2.45, 2.75) is 12.8 Å². The van der Waals surface area contributed by atoms with Gasteiger partial charge in [0.05, 0.1) is 5.69 Å². The molecule has 0 saturated carbocycles. The summed E-state index contributed by atoms with van der Waals surface area (Å²) in [6, 6.07) is 6.92. The summed E-state index contributed by atoms with van der Waals surface area (Å²) in [4.78, 5) is 44.8. The van der Waals surface area contributed by atoms with Crippen LogP contribution in [0.2, 0.25) is 0 Å². The Kier molecular flexibility index (Phi) is 5.20. The molecule has 0 spiro atoms. The second-order valence-corrected chi connectivity index (χ2v) is 7.66. The third kappa shape index (κ3) is 3.74. The van der Waals surface area contributed by atoms with Crippen LogP contribution in [0.4, 0.5) is 10.8 Å². The minimum atomic E-state index is -0.550. The van der Waals surface area contributed by atoms with Crippen molar-refractivity contribution in [2.75, 3.05) is 16.8 Å². The number of anilines is 2. The van der Waals surface area contributed by atoms with Crippen LogP contribution in [0.1, 0.15) is 32.8 Å². The van der Waals surface area contributed by atoms with Crippen molar-refractivity contribution < 1.29 is 14.4 Å². The first-order chi connectivity index (χ1) is 14.5. The third-order valence-corrected chi connectivity index (χ3v) is 5.63. The molecule has 1 aromatic carbocycles. The summed E-state index contributed by atoms with van der Waals surface area (Å²) >= 11 is 1.28. The number of aromatic nitrogens is 2. The summed E-state index contributed by atoms with van der Waals surface area (Å²) in [6.45, 7) is 4.19. The number of fused-ring (bicyclic) bond motifs is 1. The van der Waals surface area contributed by atoms with Gasteiger partial charge in [0.1, 0.15) is 5.69 Å². The van der Waals surface area contributed by atoms with E-state index in [0.717, 1.165) is 24.1 Å². The monoisotopic (exact) mass is 421 g/mol. The number of hydrogen-bond acceptors (Lipinski definition) is 5. The largest absolute Gasteiger partial charge is 0.364 e. The first-order valence-electron chi connectivity index (χ1n) is 9.28. The van der Waals surface area contributed by atoms with Crippen molar-refractivity contribution in [3.8, 4) is 11.3 Å². The summed E-state index contributed by atoms with van der Waals surface area (Å²) in [5.74, 6) is -0.976. The highest BCUT2D eigenvalue weighted by Gasteiger charge is 2.22. The number of nitrogens with one attached hydrogen (secondary N) is 2. The van der Waals surface area contributed by atoms with E-state index in [0.29, 0.717) is 34.2 Å². The van der Waals surface area contributed by atoms with Gasteiger partial charge >= 0.3 is 0 Å². The summed E-state index contributed by atoms with van der Waals surface area (Å²) in [6.07, 6.45) is 4.57. The Balaban J connectivity index is 1.51. The minimum absolute atomic E-state index is 0.146. The van der Waals surface area contributed by atoms with Crippen molar-refractivity contribution in [2.24, 2.45) is 5.73 Å². The molecule has 0 bridgehead atoms. The number of nitrogens with zero attached hydrogens (tertiary/aromatic N) is 2. The van der Waals surface area contributed by atoms with Crippen molar-refractivity contribution in [1.29, 1.82) is 0 Å². The summed E-state index contributed by atoms with van der Waals surface area (Å²) in [5, 5.41) is 5.03. The first kappa shape index (κ1) is 19.6. The van der Waals surface area contributed by atoms with E-state index in [1.54, 1.807) is 34.7 Å². The van der Waals surface area contributed by atoms with Crippen LogP contribution < -0.4 is 16.0 Å². The van der Waals surface area contributed by atoms with E-state index < -0.39 is 5.91 Å². The number of primary amides is 1. The quantitative estimate of drug-likeness (QED) is 0.548. The number of thiazole rings is 1. The normalized spacial score (nSPS) is 12.9. The molecule has 0 aliphatic carbocycles. The molecule has 4 rings (SSSR count). The number of carbonyl (C=O) groups is 3. The molecule has 3 aromatic rings. The maximum Gasteiger partial charge on any atom is 0.265 e. The molecule has 0 saturated heterocycles. The van der Waals surface area contributed by atoms with E-state index in [1.807, 2.05) is 6.07 Å². The van der Waals surface area contributed by atoms with Gasteiger partial charge in [0.15, 0.2) is 5.13 Å². The Morgan fingerprint density at radius 3 is 2.87 bits per heavy atom. The third-order valence-electron chi connectivity index (χ3n) is 4.87. The molecule has 4 N–H and O–H groups in total. The van der Waals surface area contributed by atoms with E-state index in [-0.39, 0.29) is 11.8 Å². The van der Waals surface area contributed by atoms with Gasteiger partial charge in [-0.1, -0.05) is 6.58 Å². The molecule has 30 heavy (non-hydrogen) atoms. The van der Waals surface area contributed by atoms with Gasteiger partial charge in [0.2, 0.25) is 5.91 Å². The molecule has 0 atom stereocenters. The molecule has 0 fully saturated rings. The lowest BCUT2D eigenvalue weighted by atomic mass is 9.99. The lowest BCUT2D eigenvalue weighted by Gasteiger charge is -2.28. The summed E-state index contributed by atoms with van der Waals surface area (Å²) in [5.41, 5.74) is 9.15. The van der Waals surface area contributed by atoms with Gasteiger partial charge in [-0.15, -0.1) is 11.3 Å². The van der Waals surface area contributed by atoms with E-state index >= 15 is 0 Å². The van der Waals surface area contributed by atoms with E-state index in [4.69, 9.17) is 5.73 Å². The van der Waals surface area contributed by atoms with Crippen LogP contribution in [0.25, 0.3) is 11.3 Å². The highest BCUT2D eigenvalue weighted by atomic mass is 32.1. The number of carbonyl (C=O) groups excluding carboxylic acids is 3. The first-order valence-corrected chi connectivity index (χ1v) is 10.2. The molecule has 1 aliphatic heterocycles. The van der Waals surface area contributed by atoms with E-state index in [9.17, 15) is 14.4 Å². The van der Waals surface area contributed by atoms with Gasteiger partial charge in [-0.3, -0.25) is 19.7 Å². The molecule has 9 heteroatoms. The molecule has 2 aromatic heterocycles. The number of rotatable bonds is 5. The molecular weight excluding hydrogens is 402 g/mol. The maximum atomic E-state index is 12.7. The van der Waals surface area contributed by atoms with Gasteiger partial charge in [-0.25, -0.2) is 4.98 Å². The predicted molar refractivity (Wildman–Crippen MR) is 116 cm³/mol. The standard InChI is InChI=1S/C21H19N5O3S/c1-2-18(27)26-7-3-4-12-8-13(5-6-17(12)26)20(29)25-21-24-16(11-30-21)14-9-15(19(22)28)23-10-14/h2,5-6,8-11,23H,1,3-4,7H2,(H2,22,28)(H,24,25,29). The Morgan fingerprint density at radius 2 is 2.13 bits per heavy atom. The maximum absolute atomic E-state index is 12.7. The van der Waals surface area contributed by atoms with Crippen LogP contribution in [0.3, 0.4) is 0 Å². The van der Waals surface area contributed by atoms with Crippen LogP contribution in [-0.2, 0) is 11.2 Å². The van der Waals surface area contributed by atoms with E-state index in [2.05, 4.69) is 21.9 Å². The Morgan fingerprint density at radius 1 is 1.30 bits per heavy atom. The van der Waals surface area contributed by atoms with Crippen molar-refractivity contribution in [3.63, 3.8) is 0 Å². The average molecular weight is 421 g/mol. The zero-order valence-corrected chi connectivity index (χ0v) is 16.8. The van der Waals surface area contributed by atoms with Crippen molar-refractivity contribution >= 4 is 39.9 Å². The van der Waals surface area contributed by atoms with Gasteiger partial charge < -0.3 is 15.6 Å². The number of H-pyrrole nitrogens is 1. The lowest BCUT2D eigenvalue weighted by molar-refractivity contribution is -0.114. The molecule has 152 valence electrons. The molecule has 8 nitrogen and oxygen atoms in total. The molecule has 3 heterocycles. The fourth-order valence-corrected chi connectivity index (χ4v) is 4.11. The molecule has 0 radical (unpaired) electrons. The SMILES string of the molecule is C=CC(=O)N1CCCc2cc(C(=O)Nc3nc(-c4c[nH]c(C(N)=O)c4)cs3)ccc21. The highest BCUT2D eigenvalue weighted by molar-refractivity contribution is 7.14. The lowest BCUT2D eigenvalue weighted by Crippen LogP contribution is -2.34. The van der Waals surface area contributed by atoms with Crippen LogP contribution in [0.5, 0.6) is 0 Å². The summed E-state index contributed by atoms with van der Waals surface area (Å²) in [7, 11) is 0. The van der Waals surface area contributed by atoms with Crippen LogP contribution in [0, 0.1) is 0 Å². The topological polar surface area (TPSA) is 121 Å². The minimum Gasteiger partial charge on any atom is -0.364 e. The van der Waals surface area contributed by atoms with E-state index in [1.165, 1.54) is 17.4 Å². The van der Waals surface area contributed by atoms with Gasteiger partial charge in [-0.05, 0) is 48.7 Å². The van der Waals surface area contributed by atoms with Gasteiger partial charge in [-0.2, -0.15) is 0 Å². The number of amides is 3. The molecular formula is C21H19N5O3S. The highest BCUT2D eigenvalue weighted by Crippen LogP contribution is 2.29.